The third-order valence-electron chi connectivity index (χ3n) is 4.51. The number of hydrogen-bond acceptors (Lipinski definition) is 2. The monoisotopic (exact) mass is 312 g/mol. The highest BCUT2D eigenvalue weighted by Gasteiger charge is 2.32. The second-order valence-corrected chi connectivity index (χ2v) is 7.65. The summed E-state index contributed by atoms with van der Waals surface area (Å²) in [5.41, 5.74) is 3.05. The second-order valence-electron chi connectivity index (χ2n) is 7.65. The lowest BCUT2D eigenvalue weighted by atomic mass is 9.80. The minimum atomic E-state index is -0.0328. The normalized spacial score (nSPS) is 22.4. The molecule has 0 radical (unpaired) electrons. The zero-order valence-corrected chi connectivity index (χ0v) is 15.0. The largest absolute Gasteiger partial charge is 0.465 e. The quantitative estimate of drug-likeness (QED) is 0.494. The first-order chi connectivity index (χ1) is 10.6. The van der Waals surface area contributed by atoms with Crippen LogP contribution in [0, 0.1) is 17.3 Å². The van der Waals surface area contributed by atoms with E-state index >= 15 is 0 Å². The van der Waals surface area contributed by atoms with Gasteiger partial charge in [0.1, 0.15) is 11.5 Å². The molecule has 0 saturated heterocycles. The Morgan fingerprint density at radius 1 is 1.26 bits per heavy atom. The Kier molecular flexibility index (Phi) is 4.84. The SMILES string of the molecule is C=C1C=C(C(C)(C)C)C=CC1C(=C)OC(=C(C)C(C)=O)C1CC1. The molecule has 0 spiro atoms. The summed E-state index contributed by atoms with van der Waals surface area (Å²) in [4.78, 5) is 11.7. The van der Waals surface area contributed by atoms with E-state index in [2.05, 4.69) is 52.2 Å². The number of rotatable bonds is 5. The maximum absolute atomic E-state index is 11.7. The molecular formula is C21H28O2. The molecule has 0 aromatic heterocycles. The van der Waals surface area contributed by atoms with Crippen molar-refractivity contribution < 1.29 is 9.53 Å². The van der Waals surface area contributed by atoms with Crippen LogP contribution in [0.2, 0.25) is 0 Å². The summed E-state index contributed by atoms with van der Waals surface area (Å²) in [6.07, 6.45) is 8.52. The first-order valence-electron chi connectivity index (χ1n) is 8.28. The first-order valence-corrected chi connectivity index (χ1v) is 8.28. The molecule has 1 atom stereocenters. The topological polar surface area (TPSA) is 26.3 Å². The maximum atomic E-state index is 11.7. The van der Waals surface area contributed by atoms with E-state index in [1.807, 2.05) is 6.92 Å². The van der Waals surface area contributed by atoms with Crippen molar-refractivity contribution in [1.29, 1.82) is 0 Å². The number of ether oxygens (including phenoxy) is 1. The zero-order chi connectivity index (χ0) is 17.4. The van der Waals surface area contributed by atoms with Gasteiger partial charge in [0, 0.05) is 11.5 Å². The number of Topliss-reactive ketones (excluding diaryl/α,β-unsaturated/α-hetero) is 1. The number of carbonyl (C=O) groups excluding carboxylic acids is 1. The molecule has 2 aliphatic carbocycles. The van der Waals surface area contributed by atoms with Gasteiger partial charge in [0.25, 0.3) is 0 Å². The molecule has 0 amide bonds. The third kappa shape index (κ3) is 4.13. The lowest BCUT2D eigenvalue weighted by molar-refractivity contribution is -0.113. The molecule has 0 bridgehead atoms. The number of carbonyl (C=O) groups is 1. The van der Waals surface area contributed by atoms with Gasteiger partial charge in [0.15, 0.2) is 5.78 Å². The molecule has 1 unspecified atom stereocenters. The van der Waals surface area contributed by atoms with E-state index in [-0.39, 0.29) is 17.1 Å². The van der Waals surface area contributed by atoms with E-state index in [4.69, 9.17) is 4.74 Å². The smallest absolute Gasteiger partial charge is 0.158 e. The van der Waals surface area contributed by atoms with Crippen LogP contribution < -0.4 is 0 Å². The molecule has 23 heavy (non-hydrogen) atoms. The van der Waals surface area contributed by atoms with E-state index in [0.717, 1.165) is 24.2 Å². The highest BCUT2D eigenvalue weighted by atomic mass is 16.5. The van der Waals surface area contributed by atoms with Gasteiger partial charge in [-0.3, -0.25) is 4.79 Å². The molecule has 2 aliphatic rings. The Labute approximate surface area is 140 Å². The van der Waals surface area contributed by atoms with Gasteiger partial charge in [-0.1, -0.05) is 52.2 Å². The number of allylic oxidation sites excluding steroid dienone is 6. The van der Waals surface area contributed by atoms with Crippen LogP contribution in [0.4, 0.5) is 0 Å². The van der Waals surface area contributed by atoms with E-state index in [1.165, 1.54) is 5.57 Å². The molecule has 2 rings (SSSR count). The van der Waals surface area contributed by atoms with Crippen molar-refractivity contribution in [2.75, 3.05) is 0 Å². The molecule has 0 N–H and O–H groups in total. The van der Waals surface area contributed by atoms with Crippen molar-refractivity contribution in [3.63, 3.8) is 0 Å². The van der Waals surface area contributed by atoms with Crippen molar-refractivity contribution in [2.24, 2.45) is 17.3 Å². The summed E-state index contributed by atoms with van der Waals surface area (Å²) in [6.45, 7) is 18.3. The molecule has 2 heteroatoms. The second kappa shape index (κ2) is 6.35. The molecule has 0 heterocycles. The van der Waals surface area contributed by atoms with Crippen LogP contribution in [0.15, 0.2) is 59.6 Å². The van der Waals surface area contributed by atoms with Crippen LogP contribution in [0.3, 0.4) is 0 Å². The van der Waals surface area contributed by atoms with Gasteiger partial charge in [-0.05, 0) is 43.3 Å². The molecule has 2 nitrogen and oxygen atoms in total. The van der Waals surface area contributed by atoms with E-state index in [1.54, 1.807) is 6.92 Å². The van der Waals surface area contributed by atoms with Crippen LogP contribution in [0.5, 0.6) is 0 Å². The summed E-state index contributed by atoms with van der Waals surface area (Å²) in [5, 5.41) is 0. The molecule has 0 aromatic rings. The van der Waals surface area contributed by atoms with E-state index in [9.17, 15) is 4.79 Å². The number of ketones is 1. The average Bonchev–Trinajstić information content (AvgIpc) is 3.27. The van der Waals surface area contributed by atoms with Crippen molar-refractivity contribution >= 4 is 5.78 Å². The Hall–Kier alpha value is -1.83. The lowest BCUT2D eigenvalue weighted by Gasteiger charge is -2.28. The highest BCUT2D eigenvalue weighted by molar-refractivity contribution is 5.93. The van der Waals surface area contributed by atoms with Crippen LogP contribution >= 0.6 is 0 Å². The van der Waals surface area contributed by atoms with Gasteiger partial charge in [-0.25, -0.2) is 0 Å². The molecule has 0 aliphatic heterocycles. The van der Waals surface area contributed by atoms with E-state index < -0.39 is 0 Å². The Morgan fingerprint density at radius 2 is 1.87 bits per heavy atom. The maximum Gasteiger partial charge on any atom is 0.158 e. The predicted molar refractivity (Wildman–Crippen MR) is 95.6 cm³/mol. The van der Waals surface area contributed by atoms with Crippen molar-refractivity contribution in [2.45, 2.75) is 47.5 Å². The summed E-state index contributed by atoms with van der Waals surface area (Å²) in [7, 11) is 0. The fraction of sp³-hybridized carbons (Fsp3) is 0.476. The zero-order valence-electron chi connectivity index (χ0n) is 15.0. The Bertz CT molecular complexity index is 631. The summed E-state index contributed by atoms with van der Waals surface area (Å²) < 4.78 is 6.05. The number of hydrogen-bond donors (Lipinski definition) is 0. The van der Waals surface area contributed by atoms with Crippen LogP contribution in [0.1, 0.15) is 47.5 Å². The highest BCUT2D eigenvalue weighted by Crippen LogP contribution is 2.42. The fourth-order valence-corrected chi connectivity index (χ4v) is 2.63. The summed E-state index contributed by atoms with van der Waals surface area (Å²) in [5.74, 6) is 1.85. The van der Waals surface area contributed by atoms with Crippen molar-refractivity contribution in [3.05, 3.63) is 59.6 Å². The van der Waals surface area contributed by atoms with Crippen LogP contribution in [-0.4, -0.2) is 5.78 Å². The van der Waals surface area contributed by atoms with Crippen molar-refractivity contribution in [3.8, 4) is 0 Å². The van der Waals surface area contributed by atoms with Crippen LogP contribution in [0.25, 0.3) is 0 Å². The molecule has 1 saturated carbocycles. The average molecular weight is 312 g/mol. The molecular weight excluding hydrogens is 284 g/mol. The van der Waals surface area contributed by atoms with Gasteiger partial charge < -0.3 is 4.74 Å². The molecule has 0 aromatic carbocycles. The fourth-order valence-electron chi connectivity index (χ4n) is 2.63. The van der Waals surface area contributed by atoms with Gasteiger partial charge in [-0.2, -0.15) is 0 Å². The minimum absolute atomic E-state index is 0.0328. The first kappa shape index (κ1) is 17.5. The summed E-state index contributed by atoms with van der Waals surface area (Å²) in [6, 6.07) is 0. The minimum Gasteiger partial charge on any atom is -0.465 e. The molecule has 124 valence electrons. The predicted octanol–water partition coefficient (Wildman–Crippen LogP) is 5.50. The standard InChI is InChI=1S/C21H28O2/c1-13-12-18(21(5,6)7)10-11-19(13)16(4)23-20(17-8-9-17)14(2)15(3)22/h10-12,17,19H,1,4,8-9H2,2-3,5-7H3. The van der Waals surface area contributed by atoms with Gasteiger partial charge in [-0.15, -0.1) is 0 Å². The Morgan fingerprint density at radius 3 is 2.30 bits per heavy atom. The van der Waals surface area contributed by atoms with Crippen LogP contribution in [-0.2, 0) is 9.53 Å². The van der Waals surface area contributed by atoms with E-state index in [0.29, 0.717) is 17.3 Å². The van der Waals surface area contributed by atoms with Crippen molar-refractivity contribution in [1.82, 2.24) is 0 Å². The van der Waals surface area contributed by atoms with Gasteiger partial charge >= 0.3 is 0 Å². The summed E-state index contributed by atoms with van der Waals surface area (Å²) >= 11 is 0. The molecule has 1 fully saturated rings. The van der Waals surface area contributed by atoms with Gasteiger partial charge in [0.2, 0.25) is 0 Å². The third-order valence-corrected chi connectivity index (χ3v) is 4.51. The lowest BCUT2D eigenvalue weighted by Crippen LogP contribution is -2.15. The Balaban J connectivity index is 2.15. The van der Waals surface area contributed by atoms with Gasteiger partial charge in [0.05, 0.1) is 5.92 Å².